The summed E-state index contributed by atoms with van der Waals surface area (Å²) in [4.78, 5) is 12.6. The Bertz CT molecular complexity index is 642. The molecule has 4 heteroatoms. The van der Waals surface area contributed by atoms with E-state index in [1.165, 1.54) is 24.0 Å². The molecule has 0 spiro atoms. The fourth-order valence-corrected chi connectivity index (χ4v) is 3.90. The van der Waals surface area contributed by atoms with E-state index in [-0.39, 0.29) is 5.97 Å². The summed E-state index contributed by atoms with van der Waals surface area (Å²) in [6, 6.07) is 18.9. The first-order valence-corrected chi connectivity index (χ1v) is 8.84. The van der Waals surface area contributed by atoms with Gasteiger partial charge in [-0.1, -0.05) is 30.3 Å². The molecule has 120 valence electrons. The summed E-state index contributed by atoms with van der Waals surface area (Å²) in [6.45, 7) is 1.05. The number of hydrogen-bond acceptors (Lipinski definition) is 4. The lowest BCUT2D eigenvalue weighted by molar-refractivity contribution is 0.0600. The fourth-order valence-electron chi connectivity index (χ4n) is 2.93. The minimum Gasteiger partial charge on any atom is -0.465 e. The van der Waals surface area contributed by atoms with E-state index in [1.54, 1.807) is 0 Å². The van der Waals surface area contributed by atoms with E-state index in [9.17, 15) is 4.79 Å². The van der Waals surface area contributed by atoms with Crippen molar-refractivity contribution in [3.05, 3.63) is 65.7 Å². The molecule has 1 aliphatic rings. The van der Waals surface area contributed by atoms with Crippen molar-refractivity contribution in [3.8, 4) is 0 Å². The smallest absolute Gasteiger partial charge is 0.337 e. The Hall–Kier alpha value is -1.78. The third kappa shape index (κ3) is 4.15. The topological polar surface area (TPSA) is 38.3 Å². The first-order valence-electron chi connectivity index (χ1n) is 7.86. The molecule has 3 nitrogen and oxygen atoms in total. The zero-order valence-corrected chi connectivity index (χ0v) is 14.0. The average molecular weight is 327 g/mol. The molecule has 1 aliphatic heterocycles. The van der Waals surface area contributed by atoms with Crippen LogP contribution in [0.4, 0.5) is 0 Å². The summed E-state index contributed by atoms with van der Waals surface area (Å²) >= 11 is 1.83. The molecular formula is C19H21NO2S. The van der Waals surface area contributed by atoms with Gasteiger partial charge in [0.1, 0.15) is 0 Å². The molecule has 1 saturated heterocycles. The number of methoxy groups -OCH3 is 1. The van der Waals surface area contributed by atoms with Crippen LogP contribution in [0.15, 0.2) is 59.5 Å². The van der Waals surface area contributed by atoms with E-state index in [0.717, 1.165) is 12.3 Å². The summed E-state index contributed by atoms with van der Waals surface area (Å²) in [5.41, 5.74) is 2.02. The van der Waals surface area contributed by atoms with Gasteiger partial charge in [-0.15, -0.1) is 11.8 Å². The van der Waals surface area contributed by atoms with Crippen LogP contribution in [0.2, 0.25) is 0 Å². The average Bonchev–Trinajstić information content (AvgIpc) is 3.09. The van der Waals surface area contributed by atoms with E-state index in [1.807, 2.05) is 36.0 Å². The highest BCUT2D eigenvalue weighted by Gasteiger charge is 2.25. The Morgan fingerprint density at radius 2 is 1.91 bits per heavy atom. The van der Waals surface area contributed by atoms with Crippen LogP contribution < -0.4 is 5.32 Å². The number of ether oxygens (including phenoxy) is 1. The maximum atomic E-state index is 11.4. The van der Waals surface area contributed by atoms with Gasteiger partial charge in [-0.3, -0.25) is 0 Å². The van der Waals surface area contributed by atoms with Gasteiger partial charge in [0.25, 0.3) is 0 Å². The highest BCUT2D eigenvalue weighted by atomic mass is 32.2. The number of benzene rings is 2. The number of nitrogens with one attached hydrogen (secondary N) is 1. The molecule has 1 N–H and O–H groups in total. The van der Waals surface area contributed by atoms with Crippen LogP contribution in [0.5, 0.6) is 0 Å². The summed E-state index contributed by atoms with van der Waals surface area (Å²) in [5, 5.41) is 3.62. The molecule has 0 aromatic heterocycles. The van der Waals surface area contributed by atoms with Gasteiger partial charge >= 0.3 is 5.97 Å². The molecule has 23 heavy (non-hydrogen) atoms. The maximum absolute atomic E-state index is 11.4. The van der Waals surface area contributed by atoms with Crippen LogP contribution in [0, 0.1) is 0 Å². The van der Waals surface area contributed by atoms with E-state index in [2.05, 4.69) is 35.6 Å². The van der Waals surface area contributed by atoms with E-state index in [0.29, 0.717) is 17.5 Å². The normalized spacial score (nSPS) is 20.4. The predicted molar refractivity (Wildman–Crippen MR) is 94.1 cm³/mol. The molecule has 0 aliphatic carbocycles. The molecule has 1 fully saturated rings. The molecule has 2 aromatic carbocycles. The Labute approximate surface area is 141 Å². The molecule has 2 unspecified atom stereocenters. The predicted octanol–water partition coefficient (Wildman–Crippen LogP) is 3.71. The van der Waals surface area contributed by atoms with Gasteiger partial charge in [0.2, 0.25) is 0 Å². The summed E-state index contributed by atoms with van der Waals surface area (Å²) in [7, 11) is 1.40. The van der Waals surface area contributed by atoms with Crippen LogP contribution in [-0.2, 0) is 4.74 Å². The Morgan fingerprint density at radius 1 is 1.17 bits per heavy atom. The number of carbonyl (C=O) groups excluding carboxylic acids is 1. The van der Waals surface area contributed by atoms with Crippen LogP contribution >= 0.6 is 11.8 Å². The van der Waals surface area contributed by atoms with Crippen LogP contribution in [0.25, 0.3) is 0 Å². The maximum Gasteiger partial charge on any atom is 0.337 e. The summed E-state index contributed by atoms with van der Waals surface area (Å²) in [5.74, 6) is 1.37. The minimum absolute atomic E-state index is 0.287. The van der Waals surface area contributed by atoms with Crippen molar-refractivity contribution in [1.29, 1.82) is 0 Å². The molecule has 2 aromatic rings. The number of rotatable bonds is 5. The Morgan fingerprint density at radius 3 is 2.61 bits per heavy atom. The standard InChI is InChI=1S/C19H21NO2S/c1-22-19(21)15-7-9-18(10-8-15)23-13-17-11-16(12-20-17)14-5-3-2-4-6-14/h2-10,16-17,20H,11-13H2,1H3. The molecule has 2 atom stereocenters. The number of hydrogen-bond donors (Lipinski definition) is 1. The van der Waals surface area contributed by atoms with E-state index >= 15 is 0 Å². The molecule has 3 rings (SSSR count). The first-order chi connectivity index (χ1) is 11.3. The first kappa shape index (κ1) is 16.1. The fraction of sp³-hybridized carbons (Fsp3) is 0.316. The number of esters is 1. The van der Waals surface area contributed by atoms with Crippen molar-refractivity contribution in [1.82, 2.24) is 5.32 Å². The second-order valence-electron chi connectivity index (χ2n) is 5.78. The monoisotopic (exact) mass is 327 g/mol. The van der Waals surface area contributed by atoms with Gasteiger partial charge in [0, 0.05) is 23.2 Å². The van der Waals surface area contributed by atoms with Gasteiger partial charge < -0.3 is 10.1 Å². The number of thioether (sulfide) groups is 1. The van der Waals surface area contributed by atoms with E-state index < -0.39 is 0 Å². The van der Waals surface area contributed by atoms with Crippen molar-refractivity contribution in [2.24, 2.45) is 0 Å². The summed E-state index contributed by atoms with van der Waals surface area (Å²) < 4.78 is 4.72. The lowest BCUT2D eigenvalue weighted by Crippen LogP contribution is -2.23. The van der Waals surface area contributed by atoms with E-state index in [4.69, 9.17) is 4.74 Å². The highest BCUT2D eigenvalue weighted by molar-refractivity contribution is 7.99. The summed E-state index contributed by atoms with van der Waals surface area (Å²) in [6.07, 6.45) is 1.18. The minimum atomic E-state index is -0.287. The quantitative estimate of drug-likeness (QED) is 0.671. The highest BCUT2D eigenvalue weighted by Crippen LogP contribution is 2.29. The van der Waals surface area contributed by atoms with Crippen molar-refractivity contribution in [3.63, 3.8) is 0 Å². The third-order valence-corrected chi connectivity index (χ3v) is 5.39. The van der Waals surface area contributed by atoms with Gasteiger partial charge in [-0.05, 0) is 42.2 Å². The number of carbonyl (C=O) groups is 1. The second-order valence-corrected chi connectivity index (χ2v) is 6.87. The lowest BCUT2D eigenvalue weighted by Gasteiger charge is -2.11. The Balaban J connectivity index is 1.50. The molecule has 0 bridgehead atoms. The van der Waals surface area contributed by atoms with Crippen molar-refractivity contribution in [2.75, 3.05) is 19.4 Å². The third-order valence-electron chi connectivity index (χ3n) is 4.22. The van der Waals surface area contributed by atoms with Crippen LogP contribution in [0.1, 0.15) is 28.3 Å². The van der Waals surface area contributed by atoms with Crippen LogP contribution in [-0.4, -0.2) is 31.4 Å². The van der Waals surface area contributed by atoms with Crippen molar-refractivity contribution in [2.45, 2.75) is 23.3 Å². The zero-order valence-electron chi connectivity index (χ0n) is 13.2. The van der Waals surface area contributed by atoms with Crippen molar-refractivity contribution >= 4 is 17.7 Å². The molecule has 0 radical (unpaired) electrons. The molecule has 0 amide bonds. The van der Waals surface area contributed by atoms with Gasteiger partial charge in [0.05, 0.1) is 12.7 Å². The van der Waals surface area contributed by atoms with Gasteiger partial charge in [-0.2, -0.15) is 0 Å². The Kier molecular flexibility index (Phi) is 5.36. The van der Waals surface area contributed by atoms with Gasteiger partial charge in [-0.25, -0.2) is 4.79 Å². The SMILES string of the molecule is COC(=O)c1ccc(SCC2CC(c3ccccc3)CN2)cc1. The molecule has 0 saturated carbocycles. The van der Waals surface area contributed by atoms with Crippen molar-refractivity contribution < 1.29 is 9.53 Å². The molecule has 1 heterocycles. The zero-order chi connectivity index (χ0) is 16.1. The lowest BCUT2D eigenvalue weighted by atomic mass is 9.97. The van der Waals surface area contributed by atoms with Gasteiger partial charge in [0.15, 0.2) is 0 Å². The van der Waals surface area contributed by atoms with Crippen LogP contribution in [0.3, 0.4) is 0 Å². The second kappa shape index (κ2) is 7.66. The largest absolute Gasteiger partial charge is 0.465 e. The molecular weight excluding hydrogens is 306 g/mol.